The van der Waals surface area contributed by atoms with Crippen molar-refractivity contribution in [2.24, 2.45) is 5.92 Å². The van der Waals surface area contributed by atoms with Crippen LogP contribution in [-0.4, -0.2) is 6.04 Å². The van der Waals surface area contributed by atoms with E-state index in [1.807, 2.05) is 0 Å². The van der Waals surface area contributed by atoms with Gasteiger partial charge in [-0.2, -0.15) is 4.39 Å². The maximum Gasteiger partial charge on any atom is 0.304 e. The van der Waals surface area contributed by atoms with Gasteiger partial charge in [0.05, 0.1) is 0 Å². The van der Waals surface area contributed by atoms with Crippen LogP contribution in [0.2, 0.25) is 0 Å². The summed E-state index contributed by atoms with van der Waals surface area (Å²) in [5.74, 6) is -0.383. The monoisotopic (exact) mass is 160 g/mol. The molecule has 0 aliphatic carbocycles. The van der Waals surface area contributed by atoms with E-state index in [9.17, 15) is 9.18 Å². The van der Waals surface area contributed by atoms with Gasteiger partial charge in [0.15, 0.2) is 0 Å². The first-order chi connectivity index (χ1) is 5.18. The van der Waals surface area contributed by atoms with Crippen molar-refractivity contribution in [3.8, 4) is 0 Å². The second kappa shape index (κ2) is 6.32. The Balaban J connectivity index is 3.17. The third kappa shape index (κ3) is 6.02. The summed E-state index contributed by atoms with van der Waals surface area (Å²) >= 11 is 0. The first-order valence-corrected chi connectivity index (χ1v) is 4.37. The Morgan fingerprint density at radius 3 is 2.45 bits per heavy atom. The fourth-order valence-corrected chi connectivity index (χ4v) is 0.991. The van der Waals surface area contributed by atoms with E-state index in [4.69, 9.17) is 0 Å². The van der Waals surface area contributed by atoms with Crippen molar-refractivity contribution in [1.29, 1.82) is 0 Å². The average Bonchev–Trinajstić information content (AvgIpc) is 1.97. The molecule has 0 N–H and O–H groups in total. The average molecular weight is 160 g/mol. The van der Waals surface area contributed by atoms with Crippen molar-refractivity contribution in [2.75, 3.05) is 0 Å². The minimum Gasteiger partial charge on any atom is -0.261 e. The van der Waals surface area contributed by atoms with Crippen molar-refractivity contribution in [2.45, 2.75) is 46.0 Å². The van der Waals surface area contributed by atoms with E-state index >= 15 is 0 Å². The highest BCUT2D eigenvalue weighted by atomic mass is 19.1. The van der Waals surface area contributed by atoms with E-state index < -0.39 is 6.04 Å². The van der Waals surface area contributed by atoms with E-state index in [0.29, 0.717) is 6.42 Å². The molecule has 0 saturated carbocycles. The summed E-state index contributed by atoms with van der Waals surface area (Å²) in [6, 6.07) is -1.17. The summed E-state index contributed by atoms with van der Waals surface area (Å²) in [5.41, 5.74) is 0. The predicted molar refractivity (Wildman–Crippen MR) is 44.0 cm³/mol. The highest BCUT2D eigenvalue weighted by molar-refractivity contribution is 5.70. The number of unbranched alkanes of at least 4 members (excludes halogenated alkanes) is 3. The van der Waals surface area contributed by atoms with Crippen molar-refractivity contribution >= 4 is 6.04 Å². The van der Waals surface area contributed by atoms with Crippen molar-refractivity contribution in [3.63, 3.8) is 0 Å². The topological polar surface area (TPSA) is 17.1 Å². The molecule has 0 amide bonds. The number of halogens is 1. The third-order valence-corrected chi connectivity index (χ3v) is 1.88. The van der Waals surface area contributed by atoms with Crippen molar-refractivity contribution in [3.05, 3.63) is 0 Å². The number of hydrogen-bond donors (Lipinski definition) is 0. The summed E-state index contributed by atoms with van der Waals surface area (Å²) in [4.78, 5) is 10.1. The molecule has 0 heterocycles. The molecule has 0 spiro atoms. The molecule has 1 nitrogen and oxygen atoms in total. The Bertz CT molecular complexity index is 112. The highest BCUT2D eigenvalue weighted by Gasteiger charge is 2.09. The van der Waals surface area contributed by atoms with E-state index in [2.05, 4.69) is 6.92 Å². The summed E-state index contributed by atoms with van der Waals surface area (Å²) in [6.45, 7) is 3.78. The second-order valence-electron chi connectivity index (χ2n) is 3.05. The molecule has 66 valence electrons. The quantitative estimate of drug-likeness (QED) is 0.431. The molecule has 0 saturated heterocycles. The Labute approximate surface area is 68.0 Å². The third-order valence-electron chi connectivity index (χ3n) is 1.88. The molecule has 0 aromatic heterocycles. The number of rotatable bonds is 6. The van der Waals surface area contributed by atoms with Crippen LogP contribution in [0.15, 0.2) is 0 Å². The molecule has 2 heteroatoms. The lowest BCUT2D eigenvalue weighted by molar-refractivity contribution is -0.133. The molecule has 0 aromatic carbocycles. The molecule has 1 unspecified atom stereocenters. The smallest absolute Gasteiger partial charge is 0.261 e. The number of hydrogen-bond acceptors (Lipinski definition) is 1. The van der Waals surface area contributed by atoms with Crippen LogP contribution in [0.1, 0.15) is 46.0 Å². The van der Waals surface area contributed by atoms with Gasteiger partial charge in [0.1, 0.15) is 0 Å². The molecule has 1 atom stereocenters. The zero-order valence-corrected chi connectivity index (χ0v) is 7.40. The van der Waals surface area contributed by atoms with Gasteiger partial charge in [0.2, 0.25) is 0 Å². The lowest BCUT2D eigenvalue weighted by Gasteiger charge is -2.03. The highest BCUT2D eigenvalue weighted by Crippen LogP contribution is 2.11. The van der Waals surface area contributed by atoms with Crippen LogP contribution in [0.25, 0.3) is 0 Å². The van der Waals surface area contributed by atoms with Crippen LogP contribution in [-0.2, 0) is 4.79 Å². The van der Waals surface area contributed by atoms with Gasteiger partial charge in [0, 0.05) is 5.92 Å². The van der Waals surface area contributed by atoms with Gasteiger partial charge >= 0.3 is 6.04 Å². The van der Waals surface area contributed by atoms with E-state index in [0.717, 1.165) is 12.8 Å². The maximum atomic E-state index is 12.0. The summed E-state index contributed by atoms with van der Waals surface area (Å²) in [6.07, 6.45) is 5.17. The molecular formula is C9H17FO. The zero-order valence-electron chi connectivity index (χ0n) is 7.40. The van der Waals surface area contributed by atoms with Crippen molar-refractivity contribution in [1.82, 2.24) is 0 Å². The predicted octanol–water partition coefficient (Wildman–Crippen LogP) is 3.09. The van der Waals surface area contributed by atoms with Gasteiger partial charge in [-0.15, -0.1) is 0 Å². The van der Waals surface area contributed by atoms with Gasteiger partial charge in [-0.3, -0.25) is 4.79 Å². The van der Waals surface area contributed by atoms with Gasteiger partial charge in [-0.25, -0.2) is 0 Å². The van der Waals surface area contributed by atoms with Crippen LogP contribution in [0.4, 0.5) is 4.39 Å². The van der Waals surface area contributed by atoms with Gasteiger partial charge in [-0.1, -0.05) is 39.5 Å². The van der Waals surface area contributed by atoms with E-state index in [1.165, 1.54) is 12.8 Å². The van der Waals surface area contributed by atoms with Crippen molar-refractivity contribution < 1.29 is 9.18 Å². The lowest BCUT2D eigenvalue weighted by Crippen LogP contribution is -2.03. The van der Waals surface area contributed by atoms with Gasteiger partial charge in [-0.05, 0) is 6.42 Å². The first-order valence-electron chi connectivity index (χ1n) is 4.37. The van der Waals surface area contributed by atoms with E-state index in [1.54, 1.807) is 6.92 Å². The van der Waals surface area contributed by atoms with Crippen LogP contribution in [0.5, 0.6) is 0 Å². The fourth-order valence-electron chi connectivity index (χ4n) is 0.991. The minimum absolute atomic E-state index is 0.383. The summed E-state index contributed by atoms with van der Waals surface area (Å²) in [7, 11) is 0. The van der Waals surface area contributed by atoms with Gasteiger partial charge < -0.3 is 0 Å². The Hall–Kier alpha value is -0.400. The normalized spacial score (nSPS) is 13.0. The van der Waals surface area contributed by atoms with Crippen LogP contribution >= 0.6 is 0 Å². The molecule has 0 aromatic rings. The SMILES string of the molecule is CCCCCCC(C)C(=O)F. The second-order valence-corrected chi connectivity index (χ2v) is 3.05. The molecule has 0 radical (unpaired) electrons. The summed E-state index contributed by atoms with van der Waals surface area (Å²) < 4.78 is 12.0. The van der Waals surface area contributed by atoms with Crippen LogP contribution in [0, 0.1) is 5.92 Å². The summed E-state index contributed by atoms with van der Waals surface area (Å²) in [5, 5.41) is 0. The Morgan fingerprint density at radius 1 is 1.36 bits per heavy atom. The molecule has 0 aliphatic rings. The number of carbonyl (C=O) groups is 1. The molecule has 0 bridgehead atoms. The number of carbonyl (C=O) groups excluding carboxylic acids is 1. The van der Waals surface area contributed by atoms with Crippen LogP contribution in [0.3, 0.4) is 0 Å². The molecular weight excluding hydrogens is 143 g/mol. The minimum atomic E-state index is -1.17. The van der Waals surface area contributed by atoms with Gasteiger partial charge in [0.25, 0.3) is 0 Å². The lowest BCUT2D eigenvalue weighted by atomic mass is 10.0. The fraction of sp³-hybridized carbons (Fsp3) is 0.889. The standard InChI is InChI=1S/C9H17FO/c1-3-4-5-6-7-8(2)9(10)11/h8H,3-7H2,1-2H3. The molecule has 11 heavy (non-hydrogen) atoms. The first kappa shape index (κ1) is 10.6. The zero-order chi connectivity index (χ0) is 8.69. The Kier molecular flexibility index (Phi) is 6.09. The maximum absolute atomic E-state index is 12.0. The van der Waals surface area contributed by atoms with E-state index in [-0.39, 0.29) is 5.92 Å². The molecule has 0 fully saturated rings. The molecule has 0 rings (SSSR count). The Morgan fingerprint density at radius 2 is 2.00 bits per heavy atom. The van der Waals surface area contributed by atoms with Crippen LogP contribution < -0.4 is 0 Å². The largest absolute Gasteiger partial charge is 0.304 e. The molecule has 0 aliphatic heterocycles.